The molecular weight excluding hydrogens is 721 g/mol. The number of dihydropyridines is 1. The third kappa shape index (κ3) is 6.35. The van der Waals surface area contributed by atoms with E-state index in [1.807, 2.05) is 24.4 Å². The molecule has 0 fully saturated rings. The Labute approximate surface area is 341 Å². The number of nitrogens with zero attached hydrogens (tertiary/aromatic N) is 3. The lowest BCUT2D eigenvalue weighted by Crippen LogP contribution is -2.15. The Morgan fingerprint density at radius 1 is 0.407 bits per heavy atom. The number of nitrogens with one attached hydrogen (secondary N) is 1. The standard InChI is InChI=1S/C54H36N4O/c1-3-12-35(13-4-1)37-21-27-40(28-22-37)52-56-53(41-29-23-38(24-30-41)36-14-5-2-6-15-36)58-54(57-52)42-31-25-39(26-32-42)43-18-11-20-49-50(43)47-34-46(48-19-9-10-33-55-48)44-16-7-8-17-45(44)51(47)59-49/h1-34,48,55H. The third-order valence-corrected chi connectivity index (χ3v) is 11.2. The van der Waals surface area contributed by atoms with Crippen molar-refractivity contribution in [3.05, 3.63) is 212 Å². The molecule has 10 aromatic rings. The van der Waals surface area contributed by atoms with Crippen molar-refractivity contribution in [3.63, 3.8) is 0 Å². The number of hydrogen-bond acceptors (Lipinski definition) is 5. The van der Waals surface area contributed by atoms with Crippen LogP contribution in [0.2, 0.25) is 0 Å². The second kappa shape index (κ2) is 14.6. The van der Waals surface area contributed by atoms with Gasteiger partial charge in [-0.15, -0.1) is 0 Å². The summed E-state index contributed by atoms with van der Waals surface area (Å²) in [6.45, 7) is 0. The molecule has 0 amide bonds. The molecule has 5 nitrogen and oxygen atoms in total. The molecule has 1 atom stereocenters. The highest BCUT2D eigenvalue weighted by Crippen LogP contribution is 2.42. The first-order chi connectivity index (χ1) is 29.2. The second-order valence-electron chi connectivity index (χ2n) is 14.8. The molecule has 0 bridgehead atoms. The van der Waals surface area contributed by atoms with E-state index in [0.717, 1.165) is 66.3 Å². The number of aromatic nitrogens is 3. The summed E-state index contributed by atoms with van der Waals surface area (Å²) in [5.74, 6) is 1.86. The van der Waals surface area contributed by atoms with Gasteiger partial charge in [0, 0.05) is 32.8 Å². The number of allylic oxidation sites excluding steroid dienone is 2. The van der Waals surface area contributed by atoms with Crippen molar-refractivity contribution in [1.29, 1.82) is 0 Å². The predicted molar refractivity (Wildman–Crippen MR) is 241 cm³/mol. The molecule has 0 saturated heterocycles. The van der Waals surface area contributed by atoms with Gasteiger partial charge in [0.1, 0.15) is 11.2 Å². The van der Waals surface area contributed by atoms with E-state index >= 15 is 0 Å². The Balaban J connectivity index is 1.00. The van der Waals surface area contributed by atoms with Gasteiger partial charge < -0.3 is 9.73 Å². The van der Waals surface area contributed by atoms with Gasteiger partial charge in [-0.25, -0.2) is 15.0 Å². The maximum absolute atomic E-state index is 6.66. The van der Waals surface area contributed by atoms with E-state index in [1.165, 1.54) is 22.1 Å². The fourth-order valence-electron chi connectivity index (χ4n) is 8.26. The third-order valence-electron chi connectivity index (χ3n) is 11.2. The van der Waals surface area contributed by atoms with Crippen molar-refractivity contribution in [2.24, 2.45) is 0 Å². The van der Waals surface area contributed by atoms with Gasteiger partial charge in [0.15, 0.2) is 17.5 Å². The Kier molecular flexibility index (Phi) is 8.48. The summed E-state index contributed by atoms with van der Waals surface area (Å²) in [5.41, 5.74) is 12.5. The van der Waals surface area contributed by atoms with Gasteiger partial charge in [-0.3, -0.25) is 0 Å². The molecule has 2 aromatic heterocycles. The summed E-state index contributed by atoms with van der Waals surface area (Å²) in [6.07, 6.45) is 8.33. The SMILES string of the molecule is C1=CNC(c2cc3c(oc4cccc(-c5ccc(-c6nc(-c7ccc(-c8ccccc8)cc7)nc(-c7ccc(-c8ccccc8)cc7)n6)cc5)c43)c3ccccc23)C=C1. The van der Waals surface area contributed by atoms with Crippen LogP contribution in [0.1, 0.15) is 11.6 Å². The molecule has 278 valence electrons. The Morgan fingerprint density at radius 2 is 0.898 bits per heavy atom. The normalized spacial score (nSPS) is 13.6. The molecule has 1 unspecified atom stereocenters. The summed E-state index contributed by atoms with van der Waals surface area (Å²) >= 11 is 0. The van der Waals surface area contributed by atoms with Crippen LogP contribution in [0.3, 0.4) is 0 Å². The van der Waals surface area contributed by atoms with Crippen molar-refractivity contribution in [3.8, 4) is 67.5 Å². The molecule has 0 aliphatic carbocycles. The summed E-state index contributed by atoms with van der Waals surface area (Å²) < 4.78 is 6.66. The molecule has 8 aromatic carbocycles. The average molecular weight is 757 g/mol. The van der Waals surface area contributed by atoms with E-state index in [0.29, 0.717) is 17.5 Å². The molecular formula is C54H36N4O. The topological polar surface area (TPSA) is 63.8 Å². The average Bonchev–Trinajstić information content (AvgIpc) is 3.71. The Bertz CT molecular complexity index is 3100. The highest BCUT2D eigenvalue weighted by Gasteiger charge is 2.20. The lowest BCUT2D eigenvalue weighted by Gasteiger charge is -2.18. The zero-order chi connectivity index (χ0) is 39.1. The first kappa shape index (κ1) is 34.4. The molecule has 0 saturated carbocycles. The molecule has 1 N–H and O–H groups in total. The van der Waals surface area contributed by atoms with Gasteiger partial charge in [0.05, 0.1) is 6.04 Å². The monoisotopic (exact) mass is 756 g/mol. The van der Waals surface area contributed by atoms with Crippen molar-refractivity contribution in [2.75, 3.05) is 0 Å². The maximum Gasteiger partial charge on any atom is 0.164 e. The van der Waals surface area contributed by atoms with E-state index in [4.69, 9.17) is 19.4 Å². The zero-order valence-electron chi connectivity index (χ0n) is 32.0. The minimum absolute atomic E-state index is 0.0597. The molecule has 5 heteroatoms. The summed E-state index contributed by atoms with van der Waals surface area (Å²) in [4.78, 5) is 15.2. The summed E-state index contributed by atoms with van der Waals surface area (Å²) in [6, 6.07) is 63.4. The van der Waals surface area contributed by atoms with Crippen molar-refractivity contribution in [1.82, 2.24) is 20.3 Å². The Morgan fingerprint density at radius 3 is 1.44 bits per heavy atom. The van der Waals surface area contributed by atoms with Gasteiger partial charge in [-0.1, -0.05) is 182 Å². The number of benzene rings is 8. The van der Waals surface area contributed by atoms with Crippen LogP contribution in [0.5, 0.6) is 0 Å². The zero-order valence-corrected chi connectivity index (χ0v) is 32.0. The van der Waals surface area contributed by atoms with E-state index in [-0.39, 0.29) is 6.04 Å². The van der Waals surface area contributed by atoms with E-state index < -0.39 is 0 Å². The quantitative estimate of drug-likeness (QED) is 0.175. The van der Waals surface area contributed by atoms with Gasteiger partial charge >= 0.3 is 0 Å². The van der Waals surface area contributed by atoms with Crippen LogP contribution in [-0.4, -0.2) is 15.0 Å². The molecule has 3 heterocycles. The lowest BCUT2D eigenvalue weighted by molar-refractivity contribution is 0.672. The summed E-state index contributed by atoms with van der Waals surface area (Å²) in [5, 5.41) is 8.01. The maximum atomic E-state index is 6.66. The van der Waals surface area contributed by atoms with Crippen LogP contribution in [0, 0.1) is 0 Å². The van der Waals surface area contributed by atoms with Crippen LogP contribution in [0.25, 0.3) is 100 Å². The largest absolute Gasteiger partial charge is 0.455 e. The minimum atomic E-state index is 0.0597. The molecule has 59 heavy (non-hydrogen) atoms. The van der Waals surface area contributed by atoms with Gasteiger partial charge in [-0.05, 0) is 68.7 Å². The van der Waals surface area contributed by atoms with Crippen molar-refractivity contribution in [2.45, 2.75) is 6.04 Å². The fraction of sp³-hybridized carbons (Fsp3) is 0.0185. The fourth-order valence-corrected chi connectivity index (χ4v) is 8.26. The molecule has 0 radical (unpaired) electrons. The molecule has 1 aliphatic rings. The molecule has 11 rings (SSSR count). The van der Waals surface area contributed by atoms with Crippen LogP contribution >= 0.6 is 0 Å². The number of rotatable bonds is 7. The second-order valence-corrected chi connectivity index (χ2v) is 14.8. The minimum Gasteiger partial charge on any atom is -0.455 e. The lowest BCUT2D eigenvalue weighted by atomic mass is 9.92. The highest BCUT2D eigenvalue weighted by molar-refractivity contribution is 6.20. The number of furan rings is 1. The smallest absolute Gasteiger partial charge is 0.164 e. The first-order valence-corrected chi connectivity index (χ1v) is 19.9. The Hall–Kier alpha value is -7.89. The van der Waals surface area contributed by atoms with Crippen molar-refractivity contribution < 1.29 is 4.42 Å². The number of fused-ring (bicyclic) bond motifs is 5. The van der Waals surface area contributed by atoms with Gasteiger partial charge in [0.25, 0.3) is 0 Å². The van der Waals surface area contributed by atoms with Gasteiger partial charge in [0.2, 0.25) is 0 Å². The first-order valence-electron chi connectivity index (χ1n) is 19.9. The van der Waals surface area contributed by atoms with Crippen LogP contribution in [-0.2, 0) is 0 Å². The highest BCUT2D eigenvalue weighted by atomic mass is 16.3. The van der Waals surface area contributed by atoms with E-state index in [2.05, 4.69) is 187 Å². The number of hydrogen-bond donors (Lipinski definition) is 1. The predicted octanol–water partition coefficient (Wildman–Crippen LogP) is 13.6. The molecule has 0 spiro atoms. The summed E-state index contributed by atoms with van der Waals surface area (Å²) in [7, 11) is 0. The van der Waals surface area contributed by atoms with Crippen LogP contribution in [0.15, 0.2) is 211 Å². The van der Waals surface area contributed by atoms with Crippen LogP contribution in [0.4, 0.5) is 0 Å². The van der Waals surface area contributed by atoms with E-state index in [1.54, 1.807) is 0 Å². The molecule has 1 aliphatic heterocycles. The van der Waals surface area contributed by atoms with E-state index in [9.17, 15) is 0 Å². The van der Waals surface area contributed by atoms with Gasteiger partial charge in [-0.2, -0.15) is 0 Å². The van der Waals surface area contributed by atoms with Crippen molar-refractivity contribution >= 4 is 32.7 Å². The van der Waals surface area contributed by atoms with Crippen LogP contribution < -0.4 is 5.32 Å².